The van der Waals surface area contributed by atoms with E-state index in [1.54, 1.807) is 11.9 Å². The van der Waals surface area contributed by atoms with Crippen LogP contribution in [0.15, 0.2) is 30.3 Å². The third kappa shape index (κ3) is 8.57. The fraction of sp³-hybridized carbons (Fsp3) is 0.600. The van der Waals surface area contributed by atoms with Gasteiger partial charge in [-0.15, -0.1) is 0 Å². The second-order valence-corrected chi connectivity index (χ2v) is 6.41. The predicted octanol–water partition coefficient (Wildman–Crippen LogP) is 3.65. The van der Waals surface area contributed by atoms with Crippen LogP contribution in [0.5, 0.6) is 0 Å². The normalized spacial score (nSPS) is 10.4. The Balaban J connectivity index is 2.35. The highest BCUT2D eigenvalue weighted by molar-refractivity contribution is 5.78. The summed E-state index contributed by atoms with van der Waals surface area (Å²) in [6, 6.07) is 9.71. The number of carbonyl (C=O) groups is 2. The molecule has 0 aliphatic rings. The maximum absolute atomic E-state index is 12.4. The summed E-state index contributed by atoms with van der Waals surface area (Å²) in [4.78, 5) is 28.1. The van der Waals surface area contributed by atoms with Crippen molar-refractivity contribution in [2.45, 2.75) is 52.5 Å². The molecule has 1 aromatic carbocycles. The Hall–Kier alpha value is -2.04. The van der Waals surface area contributed by atoms with Crippen LogP contribution < -0.4 is 5.32 Å². The van der Waals surface area contributed by atoms with Gasteiger partial charge in [-0.1, -0.05) is 57.0 Å². The number of amides is 3. The van der Waals surface area contributed by atoms with Gasteiger partial charge in [0, 0.05) is 39.6 Å². The molecule has 5 heteroatoms. The second kappa shape index (κ2) is 12.3. The Morgan fingerprint density at radius 3 is 2.16 bits per heavy atom. The minimum absolute atomic E-state index is 0.132. The third-order valence-electron chi connectivity index (χ3n) is 4.14. The Morgan fingerprint density at radius 1 is 1.00 bits per heavy atom. The number of benzene rings is 1. The van der Waals surface area contributed by atoms with E-state index >= 15 is 0 Å². The lowest BCUT2D eigenvalue weighted by Gasteiger charge is -2.23. The molecule has 0 heterocycles. The van der Waals surface area contributed by atoms with E-state index in [-0.39, 0.29) is 11.9 Å². The number of nitrogens with zero attached hydrogens (tertiary/aromatic N) is 2. The van der Waals surface area contributed by atoms with Gasteiger partial charge in [0.25, 0.3) is 0 Å². The van der Waals surface area contributed by atoms with E-state index in [1.807, 2.05) is 35.2 Å². The van der Waals surface area contributed by atoms with Gasteiger partial charge in [-0.2, -0.15) is 0 Å². The van der Waals surface area contributed by atoms with Crippen molar-refractivity contribution in [1.29, 1.82) is 0 Å². The van der Waals surface area contributed by atoms with Gasteiger partial charge < -0.3 is 15.1 Å². The summed E-state index contributed by atoms with van der Waals surface area (Å²) >= 11 is 0. The Kier molecular flexibility index (Phi) is 10.4. The minimum atomic E-state index is -0.148. The lowest BCUT2D eigenvalue weighted by Crippen LogP contribution is -2.40. The van der Waals surface area contributed by atoms with E-state index < -0.39 is 0 Å². The average molecular weight is 348 g/mol. The lowest BCUT2D eigenvalue weighted by atomic mass is 10.2. The summed E-state index contributed by atoms with van der Waals surface area (Å²) in [7, 11) is 1.76. The average Bonchev–Trinajstić information content (AvgIpc) is 2.62. The van der Waals surface area contributed by atoms with Crippen LogP contribution in [0.3, 0.4) is 0 Å². The predicted molar refractivity (Wildman–Crippen MR) is 102 cm³/mol. The Morgan fingerprint density at radius 2 is 1.60 bits per heavy atom. The zero-order valence-electron chi connectivity index (χ0n) is 16.0. The number of nitrogens with one attached hydrogen (secondary N) is 1. The van der Waals surface area contributed by atoms with E-state index in [1.165, 1.54) is 0 Å². The molecule has 0 unspecified atom stereocenters. The molecule has 0 radical (unpaired) electrons. The largest absolute Gasteiger partial charge is 0.343 e. The number of urea groups is 1. The second-order valence-electron chi connectivity index (χ2n) is 6.41. The van der Waals surface area contributed by atoms with Crippen molar-refractivity contribution in [3.63, 3.8) is 0 Å². The molecule has 5 nitrogen and oxygen atoms in total. The molecule has 1 rings (SSSR count). The molecule has 1 N–H and O–H groups in total. The first-order chi connectivity index (χ1) is 12.1. The van der Waals surface area contributed by atoms with E-state index in [9.17, 15) is 9.59 Å². The number of unbranched alkanes of at least 4 members (excludes halogenated alkanes) is 2. The Labute approximate surface area is 152 Å². The van der Waals surface area contributed by atoms with Crippen molar-refractivity contribution < 1.29 is 9.59 Å². The summed E-state index contributed by atoms with van der Waals surface area (Å²) in [5.74, 6) is 0.132. The van der Waals surface area contributed by atoms with Crippen molar-refractivity contribution in [3.05, 3.63) is 35.9 Å². The van der Waals surface area contributed by atoms with Gasteiger partial charge in [-0.05, 0) is 18.4 Å². The van der Waals surface area contributed by atoms with Gasteiger partial charge in [0.1, 0.15) is 0 Å². The zero-order valence-corrected chi connectivity index (χ0v) is 16.0. The highest BCUT2D eigenvalue weighted by Crippen LogP contribution is 2.04. The quantitative estimate of drug-likeness (QED) is 0.664. The topological polar surface area (TPSA) is 52.7 Å². The first kappa shape index (κ1) is 21.0. The molecule has 0 aliphatic heterocycles. The number of hydrogen-bond donors (Lipinski definition) is 1. The molecule has 0 aliphatic carbocycles. The summed E-state index contributed by atoms with van der Waals surface area (Å²) in [5, 5.41) is 2.84. The maximum Gasteiger partial charge on any atom is 0.317 e. The van der Waals surface area contributed by atoms with E-state index in [4.69, 9.17) is 0 Å². The molecular formula is C20H33N3O2. The van der Waals surface area contributed by atoms with Crippen LogP contribution in [-0.4, -0.2) is 48.4 Å². The summed E-state index contributed by atoms with van der Waals surface area (Å²) in [6.07, 6.45) is 4.58. The monoisotopic (exact) mass is 347 g/mol. The maximum atomic E-state index is 12.4. The molecule has 140 valence electrons. The van der Waals surface area contributed by atoms with Crippen LogP contribution in [-0.2, 0) is 11.3 Å². The third-order valence-corrected chi connectivity index (χ3v) is 4.14. The smallest absolute Gasteiger partial charge is 0.317 e. The molecule has 0 saturated heterocycles. The highest BCUT2D eigenvalue weighted by Gasteiger charge is 2.14. The van der Waals surface area contributed by atoms with Crippen LogP contribution in [0.25, 0.3) is 0 Å². The number of carbonyl (C=O) groups excluding carboxylic acids is 2. The highest BCUT2D eigenvalue weighted by atomic mass is 16.2. The standard InChI is InChI=1S/C20H33N3O2/c1-4-6-15-23(16-7-5-2)19(24)13-14-21-20(25)22(3)17-18-11-9-8-10-12-18/h8-12H,4-7,13-17H2,1-3H3,(H,21,25). The van der Waals surface area contributed by atoms with Crippen LogP contribution in [0.4, 0.5) is 4.79 Å². The minimum Gasteiger partial charge on any atom is -0.343 e. The van der Waals surface area contributed by atoms with Crippen molar-refractivity contribution in [3.8, 4) is 0 Å². The number of hydrogen-bond acceptors (Lipinski definition) is 2. The first-order valence-electron chi connectivity index (χ1n) is 9.39. The van der Waals surface area contributed by atoms with Crippen molar-refractivity contribution >= 4 is 11.9 Å². The van der Waals surface area contributed by atoms with Crippen LogP contribution >= 0.6 is 0 Å². The summed E-state index contributed by atoms with van der Waals surface area (Å²) in [6.45, 7) is 6.83. The fourth-order valence-corrected chi connectivity index (χ4v) is 2.56. The van der Waals surface area contributed by atoms with Crippen molar-refractivity contribution in [2.75, 3.05) is 26.7 Å². The molecule has 0 atom stereocenters. The molecule has 0 spiro atoms. The van der Waals surface area contributed by atoms with Crippen LogP contribution in [0, 0.1) is 0 Å². The molecule has 0 bridgehead atoms. The number of rotatable bonds is 11. The van der Waals surface area contributed by atoms with Gasteiger partial charge in [0.15, 0.2) is 0 Å². The molecule has 0 saturated carbocycles. The zero-order chi connectivity index (χ0) is 18.5. The SMILES string of the molecule is CCCCN(CCCC)C(=O)CCNC(=O)N(C)Cc1ccccc1. The van der Waals surface area contributed by atoms with E-state index in [0.29, 0.717) is 19.5 Å². The van der Waals surface area contributed by atoms with Crippen LogP contribution in [0.2, 0.25) is 0 Å². The van der Waals surface area contributed by atoms with E-state index in [2.05, 4.69) is 19.2 Å². The van der Waals surface area contributed by atoms with Gasteiger partial charge in [-0.25, -0.2) is 4.79 Å². The summed E-state index contributed by atoms with van der Waals surface area (Å²) in [5.41, 5.74) is 1.08. The van der Waals surface area contributed by atoms with Crippen molar-refractivity contribution in [1.82, 2.24) is 15.1 Å². The van der Waals surface area contributed by atoms with Gasteiger partial charge in [0.05, 0.1) is 0 Å². The van der Waals surface area contributed by atoms with Gasteiger partial charge in [0.2, 0.25) is 5.91 Å². The Bertz CT molecular complexity index is 497. The van der Waals surface area contributed by atoms with Gasteiger partial charge in [-0.3, -0.25) is 4.79 Å². The van der Waals surface area contributed by atoms with E-state index in [0.717, 1.165) is 44.3 Å². The molecular weight excluding hydrogens is 314 g/mol. The lowest BCUT2D eigenvalue weighted by molar-refractivity contribution is -0.131. The van der Waals surface area contributed by atoms with Crippen LogP contribution in [0.1, 0.15) is 51.5 Å². The van der Waals surface area contributed by atoms with Gasteiger partial charge >= 0.3 is 6.03 Å². The molecule has 0 aromatic heterocycles. The van der Waals surface area contributed by atoms with Crippen molar-refractivity contribution in [2.24, 2.45) is 0 Å². The first-order valence-corrected chi connectivity index (χ1v) is 9.39. The summed E-state index contributed by atoms with van der Waals surface area (Å²) < 4.78 is 0. The molecule has 3 amide bonds. The molecule has 1 aromatic rings. The fourth-order valence-electron chi connectivity index (χ4n) is 2.56. The molecule has 0 fully saturated rings. The molecule has 25 heavy (non-hydrogen) atoms.